The Morgan fingerprint density at radius 1 is 1.04 bits per heavy atom. The SMILES string of the molecule is Cc1cnc2[nH]cc(Cc3cc(Cc4ccncc4Br)cnc3F)c2c1. The van der Waals surface area contributed by atoms with Crippen LogP contribution in [0.4, 0.5) is 4.39 Å². The number of pyridine rings is 3. The number of aromatic nitrogens is 4. The highest BCUT2D eigenvalue weighted by atomic mass is 79.9. The first kappa shape index (κ1) is 16.8. The van der Waals surface area contributed by atoms with Gasteiger partial charge in [0.25, 0.3) is 0 Å². The van der Waals surface area contributed by atoms with Crippen LogP contribution in [0.15, 0.2) is 53.7 Å². The molecule has 6 heteroatoms. The molecular weight excluding hydrogens is 395 g/mol. The van der Waals surface area contributed by atoms with E-state index in [1.54, 1.807) is 18.6 Å². The predicted molar refractivity (Wildman–Crippen MR) is 103 cm³/mol. The van der Waals surface area contributed by atoms with Gasteiger partial charge in [-0.2, -0.15) is 4.39 Å². The van der Waals surface area contributed by atoms with E-state index in [2.05, 4.69) is 41.9 Å². The van der Waals surface area contributed by atoms with Gasteiger partial charge in [-0.05, 0) is 63.3 Å². The largest absolute Gasteiger partial charge is 0.346 e. The maximum atomic E-state index is 14.3. The first-order valence-corrected chi connectivity index (χ1v) is 9.04. The van der Waals surface area contributed by atoms with Crippen molar-refractivity contribution in [2.24, 2.45) is 0 Å². The summed E-state index contributed by atoms with van der Waals surface area (Å²) in [4.78, 5) is 15.6. The van der Waals surface area contributed by atoms with E-state index in [1.807, 2.05) is 31.5 Å². The monoisotopic (exact) mass is 410 g/mol. The van der Waals surface area contributed by atoms with Crippen LogP contribution in [0.25, 0.3) is 11.0 Å². The van der Waals surface area contributed by atoms with E-state index in [0.29, 0.717) is 18.4 Å². The van der Waals surface area contributed by atoms with Gasteiger partial charge in [-0.1, -0.05) is 0 Å². The number of fused-ring (bicyclic) bond motifs is 1. The molecule has 0 aliphatic heterocycles. The number of halogens is 2. The van der Waals surface area contributed by atoms with E-state index in [-0.39, 0.29) is 0 Å². The second kappa shape index (κ2) is 6.96. The molecule has 0 saturated heterocycles. The molecule has 0 saturated carbocycles. The minimum absolute atomic E-state index is 0.433. The van der Waals surface area contributed by atoms with Crippen LogP contribution in [0.1, 0.15) is 27.8 Å². The average molecular weight is 411 g/mol. The number of H-pyrrole nitrogens is 1. The molecule has 0 unspecified atom stereocenters. The van der Waals surface area contributed by atoms with Crippen LogP contribution in [0.5, 0.6) is 0 Å². The van der Waals surface area contributed by atoms with Gasteiger partial charge < -0.3 is 4.98 Å². The Labute approximate surface area is 158 Å². The van der Waals surface area contributed by atoms with Crippen molar-refractivity contribution in [2.75, 3.05) is 0 Å². The van der Waals surface area contributed by atoms with Gasteiger partial charge in [0, 0.05) is 59.2 Å². The van der Waals surface area contributed by atoms with Crippen molar-refractivity contribution in [1.82, 2.24) is 19.9 Å². The van der Waals surface area contributed by atoms with Crippen molar-refractivity contribution in [1.29, 1.82) is 0 Å². The van der Waals surface area contributed by atoms with Gasteiger partial charge in [-0.25, -0.2) is 9.97 Å². The van der Waals surface area contributed by atoms with Gasteiger partial charge in [0.2, 0.25) is 5.95 Å². The number of aryl methyl sites for hydroxylation is 1. The molecule has 1 N–H and O–H groups in total. The quantitative estimate of drug-likeness (QED) is 0.494. The van der Waals surface area contributed by atoms with E-state index in [0.717, 1.165) is 37.8 Å². The van der Waals surface area contributed by atoms with Crippen LogP contribution in [-0.2, 0) is 12.8 Å². The molecule has 26 heavy (non-hydrogen) atoms. The van der Waals surface area contributed by atoms with E-state index in [4.69, 9.17) is 0 Å². The lowest BCUT2D eigenvalue weighted by Crippen LogP contribution is -1.99. The lowest BCUT2D eigenvalue weighted by atomic mass is 10.0. The van der Waals surface area contributed by atoms with Crippen molar-refractivity contribution in [3.63, 3.8) is 0 Å². The Balaban J connectivity index is 1.66. The Morgan fingerprint density at radius 2 is 1.92 bits per heavy atom. The summed E-state index contributed by atoms with van der Waals surface area (Å²) in [5, 5.41) is 1.02. The van der Waals surface area contributed by atoms with Gasteiger partial charge in [0.05, 0.1) is 0 Å². The van der Waals surface area contributed by atoms with Gasteiger partial charge >= 0.3 is 0 Å². The molecule has 4 nitrogen and oxygen atoms in total. The molecule has 130 valence electrons. The van der Waals surface area contributed by atoms with Crippen LogP contribution in [0.2, 0.25) is 0 Å². The molecule has 4 rings (SSSR count). The fourth-order valence-electron chi connectivity index (χ4n) is 3.04. The highest BCUT2D eigenvalue weighted by Gasteiger charge is 2.12. The first-order chi connectivity index (χ1) is 12.6. The third-order valence-electron chi connectivity index (χ3n) is 4.35. The Kier molecular flexibility index (Phi) is 4.51. The molecule has 0 amide bonds. The highest BCUT2D eigenvalue weighted by molar-refractivity contribution is 9.10. The Bertz CT molecular complexity index is 1090. The maximum Gasteiger partial charge on any atom is 0.216 e. The number of hydrogen-bond donors (Lipinski definition) is 1. The van der Waals surface area contributed by atoms with E-state index in [9.17, 15) is 4.39 Å². The molecule has 4 heterocycles. The summed E-state index contributed by atoms with van der Waals surface area (Å²) >= 11 is 3.50. The Hall–Kier alpha value is -2.60. The molecule has 4 aromatic heterocycles. The van der Waals surface area contributed by atoms with E-state index < -0.39 is 5.95 Å². The average Bonchev–Trinajstić information content (AvgIpc) is 3.02. The second-order valence-electron chi connectivity index (χ2n) is 6.34. The molecule has 0 aliphatic rings. The summed E-state index contributed by atoms with van der Waals surface area (Å²) < 4.78 is 15.2. The summed E-state index contributed by atoms with van der Waals surface area (Å²) in [5.74, 6) is -0.433. The fraction of sp³-hybridized carbons (Fsp3) is 0.150. The van der Waals surface area contributed by atoms with Gasteiger partial charge in [0.1, 0.15) is 5.65 Å². The smallest absolute Gasteiger partial charge is 0.216 e. The van der Waals surface area contributed by atoms with E-state index in [1.165, 1.54) is 0 Å². The Morgan fingerprint density at radius 3 is 2.77 bits per heavy atom. The molecular formula is C20H16BrFN4. The zero-order chi connectivity index (χ0) is 18.1. The second-order valence-corrected chi connectivity index (χ2v) is 7.19. The fourth-order valence-corrected chi connectivity index (χ4v) is 3.44. The van der Waals surface area contributed by atoms with Crippen molar-refractivity contribution in [2.45, 2.75) is 19.8 Å². The highest BCUT2D eigenvalue weighted by Crippen LogP contribution is 2.23. The molecule has 0 bridgehead atoms. The van der Waals surface area contributed by atoms with Crippen molar-refractivity contribution in [3.05, 3.63) is 87.4 Å². The predicted octanol–water partition coefficient (Wildman–Crippen LogP) is 4.74. The van der Waals surface area contributed by atoms with Crippen LogP contribution in [0, 0.1) is 12.9 Å². The van der Waals surface area contributed by atoms with E-state index >= 15 is 0 Å². The van der Waals surface area contributed by atoms with Crippen LogP contribution in [0.3, 0.4) is 0 Å². The molecule has 0 aliphatic carbocycles. The van der Waals surface area contributed by atoms with Crippen molar-refractivity contribution < 1.29 is 4.39 Å². The molecule has 0 aromatic carbocycles. The summed E-state index contributed by atoms with van der Waals surface area (Å²) in [6.45, 7) is 2.00. The molecule has 0 fully saturated rings. The third kappa shape index (κ3) is 3.37. The van der Waals surface area contributed by atoms with Crippen LogP contribution < -0.4 is 0 Å². The number of nitrogens with zero attached hydrogens (tertiary/aromatic N) is 3. The topological polar surface area (TPSA) is 54.5 Å². The standard InChI is InChI=1S/C20H16BrFN4/c1-12-4-17-16(10-26-20(17)25-8-12)7-15-6-13(9-24-19(15)22)5-14-2-3-23-11-18(14)21/h2-4,6,8-11H,5,7H2,1H3,(H,25,26). The van der Waals surface area contributed by atoms with Crippen molar-refractivity contribution >= 4 is 27.0 Å². The molecule has 4 aromatic rings. The number of hydrogen-bond acceptors (Lipinski definition) is 3. The number of rotatable bonds is 4. The summed E-state index contributed by atoms with van der Waals surface area (Å²) in [6.07, 6.45) is 9.94. The lowest BCUT2D eigenvalue weighted by molar-refractivity contribution is 0.569. The summed E-state index contributed by atoms with van der Waals surface area (Å²) in [6, 6.07) is 5.90. The first-order valence-electron chi connectivity index (χ1n) is 8.24. The maximum absolute atomic E-state index is 14.3. The molecule has 0 atom stereocenters. The molecule has 0 spiro atoms. The van der Waals surface area contributed by atoms with Crippen molar-refractivity contribution in [3.8, 4) is 0 Å². The molecule has 0 radical (unpaired) electrons. The zero-order valence-electron chi connectivity index (χ0n) is 14.1. The van der Waals surface area contributed by atoms with Crippen LogP contribution in [-0.4, -0.2) is 19.9 Å². The van der Waals surface area contributed by atoms with Gasteiger partial charge in [-0.15, -0.1) is 0 Å². The zero-order valence-corrected chi connectivity index (χ0v) is 15.7. The summed E-state index contributed by atoms with van der Waals surface area (Å²) in [5.41, 5.74) is 5.53. The number of nitrogens with one attached hydrogen (secondary N) is 1. The third-order valence-corrected chi connectivity index (χ3v) is 5.07. The minimum Gasteiger partial charge on any atom is -0.346 e. The number of aromatic amines is 1. The lowest BCUT2D eigenvalue weighted by Gasteiger charge is -2.07. The normalized spacial score (nSPS) is 11.2. The van der Waals surface area contributed by atoms with Gasteiger partial charge in [-0.3, -0.25) is 4.98 Å². The van der Waals surface area contributed by atoms with Crippen LogP contribution >= 0.6 is 15.9 Å². The minimum atomic E-state index is -0.433. The van der Waals surface area contributed by atoms with Gasteiger partial charge in [0.15, 0.2) is 0 Å². The summed E-state index contributed by atoms with van der Waals surface area (Å²) in [7, 11) is 0.